The number of hydrogen-bond acceptors (Lipinski definition) is 5. The summed E-state index contributed by atoms with van der Waals surface area (Å²) in [6.07, 6.45) is 0. The number of thioether (sulfide) groups is 1. The molecule has 1 aromatic carbocycles. The van der Waals surface area contributed by atoms with Crippen molar-refractivity contribution < 1.29 is 4.74 Å². The van der Waals surface area contributed by atoms with E-state index in [9.17, 15) is 0 Å². The Hall–Kier alpha value is -1.69. The van der Waals surface area contributed by atoms with Crippen LogP contribution in [0.15, 0.2) is 29.4 Å². The first-order valence-corrected chi connectivity index (χ1v) is 6.51. The zero-order valence-electron chi connectivity index (χ0n) is 10.6. The van der Waals surface area contributed by atoms with Gasteiger partial charge in [-0.25, -0.2) is 4.68 Å². The van der Waals surface area contributed by atoms with Gasteiger partial charge in [0.25, 0.3) is 0 Å². The number of aromatic nitrogens is 3. The first-order valence-electron chi connectivity index (χ1n) is 5.63. The van der Waals surface area contributed by atoms with E-state index in [1.165, 1.54) is 4.68 Å². The van der Waals surface area contributed by atoms with Gasteiger partial charge in [0, 0.05) is 10.8 Å². The van der Waals surface area contributed by atoms with E-state index in [0.717, 1.165) is 16.5 Å². The Labute approximate surface area is 110 Å². The maximum atomic E-state index is 5.99. The van der Waals surface area contributed by atoms with E-state index in [0.29, 0.717) is 11.1 Å². The molecule has 0 spiro atoms. The second-order valence-electron chi connectivity index (χ2n) is 4.07. The summed E-state index contributed by atoms with van der Waals surface area (Å²) in [5.41, 5.74) is 0.918. The van der Waals surface area contributed by atoms with Crippen LogP contribution in [0.3, 0.4) is 0 Å². The molecule has 1 heterocycles. The monoisotopic (exact) mass is 264 g/mol. The van der Waals surface area contributed by atoms with Crippen molar-refractivity contribution in [1.82, 2.24) is 14.9 Å². The molecule has 1 aromatic heterocycles. The number of nitrogens with zero attached hydrogens (tertiary/aromatic N) is 3. The SMILES string of the molecule is COc1ccc(-c2nnc(SC(C)C)n2N)cc1. The largest absolute Gasteiger partial charge is 0.497 e. The summed E-state index contributed by atoms with van der Waals surface area (Å²) in [5.74, 6) is 7.45. The molecule has 2 aromatic rings. The topological polar surface area (TPSA) is 66.0 Å². The van der Waals surface area contributed by atoms with Gasteiger partial charge in [-0.05, 0) is 24.3 Å². The van der Waals surface area contributed by atoms with Crippen molar-refractivity contribution >= 4 is 11.8 Å². The minimum absolute atomic E-state index is 0.417. The Balaban J connectivity index is 2.30. The van der Waals surface area contributed by atoms with Crippen molar-refractivity contribution in [3.8, 4) is 17.1 Å². The van der Waals surface area contributed by atoms with Gasteiger partial charge in [0.15, 0.2) is 5.82 Å². The third-order valence-corrected chi connectivity index (χ3v) is 3.31. The first kappa shape index (κ1) is 12.8. The number of nitrogens with two attached hydrogens (primary N) is 1. The fourth-order valence-electron chi connectivity index (χ4n) is 1.51. The van der Waals surface area contributed by atoms with Crippen molar-refractivity contribution in [2.75, 3.05) is 13.0 Å². The summed E-state index contributed by atoms with van der Waals surface area (Å²) in [6.45, 7) is 4.18. The molecule has 0 unspecified atom stereocenters. The van der Waals surface area contributed by atoms with Crippen LogP contribution in [0.5, 0.6) is 5.75 Å². The summed E-state index contributed by atoms with van der Waals surface area (Å²) in [4.78, 5) is 0. The lowest BCUT2D eigenvalue weighted by molar-refractivity contribution is 0.415. The number of methoxy groups -OCH3 is 1. The van der Waals surface area contributed by atoms with Crippen molar-refractivity contribution in [1.29, 1.82) is 0 Å². The van der Waals surface area contributed by atoms with Gasteiger partial charge in [-0.3, -0.25) is 0 Å². The predicted octanol–water partition coefficient (Wildman–Crippen LogP) is 2.17. The average molecular weight is 264 g/mol. The molecule has 0 atom stereocenters. The summed E-state index contributed by atoms with van der Waals surface area (Å²) in [7, 11) is 1.64. The normalized spacial score (nSPS) is 10.9. The second-order valence-corrected chi connectivity index (χ2v) is 5.61. The molecule has 6 heteroatoms. The standard InChI is InChI=1S/C12H16N4OS/c1-8(2)18-12-15-14-11(16(12)13)9-4-6-10(17-3)7-5-9/h4-8H,13H2,1-3H3. The van der Waals surface area contributed by atoms with Crippen LogP contribution in [0.2, 0.25) is 0 Å². The highest BCUT2D eigenvalue weighted by Crippen LogP contribution is 2.25. The molecular weight excluding hydrogens is 248 g/mol. The average Bonchev–Trinajstić information content (AvgIpc) is 2.71. The Bertz CT molecular complexity index is 521. The third kappa shape index (κ3) is 2.59. The van der Waals surface area contributed by atoms with Crippen molar-refractivity contribution in [2.24, 2.45) is 0 Å². The Morgan fingerprint density at radius 3 is 2.44 bits per heavy atom. The van der Waals surface area contributed by atoms with Crippen molar-refractivity contribution in [3.05, 3.63) is 24.3 Å². The van der Waals surface area contributed by atoms with E-state index in [1.807, 2.05) is 24.3 Å². The molecule has 18 heavy (non-hydrogen) atoms. The van der Waals surface area contributed by atoms with E-state index in [4.69, 9.17) is 10.6 Å². The highest BCUT2D eigenvalue weighted by atomic mass is 32.2. The summed E-state index contributed by atoms with van der Waals surface area (Å²) in [5, 5.41) is 9.35. The number of nitrogen functional groups attached to an aromatic ring is 1. The zero-order valence-corrected chi connectivity index (χ0v) is 11.4. The molecular formula is C12H16N4OS. The molecule has 0 saturated heterocycles. The van der Waals surface area contributed by atoms with Gasteiger partial charge in [-0.2, -0.15) is 0 Å². The minimum atomic E-state index is 0.417. The van der Waals surface area contributed by atoms with Gasteiger partial charge in [-0.1, -0.05) is 25.6 Å². The second kappa shape index (κ2) is 5.30. The predicted molar refractivity (Wildman–Crippen MR) is 73.2 cm³/mol. The van der Waals surface area contributed by atoms with Gasteiger partial charge >= 0.3 is 0 Å². The molecule has 0 fully saturated rings. The fourth-order valence-corrected chi connectivity index (χ4v) is 2.21. The van der Waals surface area contributed by atoms with Crippen LogP contribution in [0.1, 0.15) is 13.8 Å². The molecule has 96 valence electrons. The Kier molecular flexibility index (Phi) is 3.76. The van der Waals surface area contributed by atoms with Gasteiger partial charge < -0.3 is 10.6 Å². The first-order chi connectivity index (χ1) is 8.61. The zero-order chi connectivity index (χ0) is 13.1. The van der Waals surface area contributed by atoms with E-state index in [2.05, 4.69) is 24.0 Å². The van der Waals surface area contributed by atoms with Crippen LogP contribution in [-0.4, -0.2) is 27.2 Å². The maximum absolute atomic E-state index is 5.99. The van der Waals surface area contributed by atoms with E-state index >= 15 is 0 Å². The van der Waals surface area contributed by atoms with Crippen LogP contribution in [0.25, 0.3) is 11.4 Å². The molecule has 2 N–H and O–H groups in total. The lowest BCUT2D eigenvalue weighted by atomic mass is 10.2. The van der Waals surface area contributed by atoms with E-state index in [-0.39, 0.29) is 0 Å². The van der Waals surface area contributed by atoms with Crippen LogP contribution in [0.4, 0.5) is 0 Å². The molecule has 0 aliphatic rings. The van der Waals surface area contributed by atoms with Crippen molar-refractivity contribution in [3.63, 3.8) is 0 Å². The van der Waals surface area contributed by atoms with E-state index in [1.54, 1.807) is 18.9 Å². The highest BCUT2D eigenvalue weighted by molar-refractivity contribution is 7.99. The quantitative estimate of drug-likeness (QED) is 0.677. The molecule has 5 nitrogen and oxygen atoms in total. The lowest BCUT2D eigenvalue weighted by Crippen LogP contribution is -2.12. The molecule has 0 bridgehead atoms. The Morgan fingerprint density at radius 2 is 1.89 bits per heavy atom. The molecule has 2 rings (SSSR count). The van der Waals surface area contributed by atoms with Gasteiger partial charge in [0.2, 0.25) is 5.16 Å². The summed E-state index contributed by atoms with van der Waals surface area (Å²) in [6, 6.07) is 7.57. The molecule has 0 amide bonds. The van der Waals surface area contributed by atoms with Gasteiger partial charge in [0.05, 0.1) is 7.11 Å². The molecule has 0 aliphatic heterocycles. The number of rotatable bonds is 4. The number of hydrogen-bond donors (Lipinski definition) is 1. The fraction of sp³-hybridized carbons (Fsp3) is 0.333. The van der Waals surface area contributed by atoms with Gasteiger partial charge in [0.1, 0.15) is 5.75 Å². The van der Waals surface area contributed by atoms with Crippen molar-refractivity contribution in [2.45, 2.75) is 24.3 Å². The van der Waals surface area contributed by atoms with Crippen LogP contribution in [-0.2, 0) is 0 Å². The molecule has 0 radical (unpaired) electrons. The smallest absolute Gasteiger partial charge is 0.210 e. The Morgan fingerprint density at radius 1 is 1.22 bits per heavy atom. The highest BCUT2D eigenvalue weighted by Gasteiger charge is 2.13. The van der Waals surface area contributed by atoms with Gasteiger partial charge in [-0.15, -0.1) is 10.2 Å². The lowest BCUT2D eigenvalue weighted by Gasteiger charge is -2.05. The summed E-state index contributed by atoms with van der Waals surface area (Å²) < 4.78 is 6.64. The van der Waals surface area contributed by atoms with Crippen LogP contribution < -0.4 is 10.6 Å². The molecule has 0 saturated carbocycles. The third-order valence-electron chi connectivity index (χ3n) is 2.35. The van der Waals surface area contributed by atoms with E-state index < -0.39 is 0 Å². The molecule has 0 aliphatic carbocycles. The number of ether oxygens (including phenoxy) is 1. The minimum Gasteiger partial charge on any atom is -0.497 e. The van der Waals surface area contributed by atoms with Crippen LogP contribution in [0, 0.1) is 0 Å². The number of benzene rings is 1. The summed E-state index contributed by atoms with van der Waals surface area (Å²) >= 11 is 1.59. The maximum Gasteiger partial charge on any atom is 0.210 e. The van der Waals surface area contributed by atoms with Crippen LogP contribution >= 0.6 is 11.8 Å².